The molecule has 0 spiro atoms. The van der Waals surface area contributed by atoms with Gasteiger partial charge in [-0.3, -0.25) is 9.69 Å². The summed E-state index contributed by atoms with van der Waals surface area (Å²) in [5, 5.41) is 19.1. The summed E-state index contributed by atoms with van der Waals surface area (Å²) in [6, 6.07) is 18.4. The fourth-order valence-corrected chi connectivity index (χ4v) is 4.99. The van der Waals surface area contributed by atoms with Crippen LogP contribution < -0.4 is 9.47 Å². The number of aliphatic hydroxyl groups excluding tert-OH is 1. The van der Waals surface area contributed by atoms with Gasteiger partial charge in [0, 0.05) is 24.2 Å². The molecule has 1 heterocycles. The summed E-state index contributed by atoms with van der Waals surface area (Å²) < 4.78 is 26.3. The molecule has 7 heteroatoms. The molecule has 1 aliphatic heterocycles. The van der Waals surface area contributed by atoms with Gasteiger partial charge in [-0.1, -0.05) is 30.3 Å². The van der Waals surface area contributed by atoms with Gasteiger partial charge in [-0.15, -0.1) is 0 Å². The van der Waals surface area contributed by atoms with Crippen molar-refractivity contribution in [2.75, 3.05) is 7.11 Å². The van der Waals surface area contributed by atoms with Crippen molar-refractivity contribution in [1.29, 1.82) is 0 Å². The molecule has 3 aromatic rings. The minimum atomic E-state index is -1.10. The lowest BCUT2D eigenvalue weighted by atomic mass is 9.96. The van der Waals surface area contributed by atoms with Crippen molar-refractivity contribution in [3.05, 3.63) is 83.2 Å². The summed E-state index contributed by atoms with van der Waals surface area (Å²) in [5.74, 6) is -0.235. The second-order valence-corrected chi connectivity index (χ2v) is 9.76. The number of benzene rings is 3. The van der Waals surface area contributed by atoms with Crippen LogP contribution in [0.15, 0.2) is 60.7 Å². The first-order valence-corrected chi connectivity index (χ1v) is 12.6. The molecule has 3 aromatic carbocycles. The van der Waals surface area contributed by atoms with E-state index in [1.54, 1.807) is 43.5 Å². The van der Waals surface area contributed by atoms with E-state index in [-0.39, 0.29) is 18.8 Å². The quantitative estimate of drug-likeness (QED) is 0.353. The number of hydrogen-bond acceptors (Lipinski definition) is 5. The Balaban J connectivity index is 1.61. The van der Waals surface area contributed by atoms with Crippen LogP contribution in [-0.4, -0.2) is 40.3 Å². The van der Waals surface area contributed by atoms with Gasteiger partial charge in [-0.2, -0.15) is 0 Å². The van der Waals surface area contributed by atoms with Crippen LogP contribution in [-0.2, 0) is 17.9 Å². The number of halogens is 1. The second-order valence-electron chi connectivity index (χ2n) is 9.76. The molecule has 196 valence electrons. The number of carboxylic acid groups (broad SMARTS) is 1. The summed E-state index contributed by atoms with van der Waals surface area (Å²) >= 11 is 0. The number of rotatable bonds is 10. The van der Waals surface area contributed by atoms with E-state index in [0.29, 0.717) is 41.3 Å². The smallest absolute Gasteiger partial charge is 0.306 e. The van der Waals surface area contributed by atoms with Crippen molar-refractivity contribution in [2.45, 2.75) is 64.4 Å². The van der Waals surface area contributed by atoms with E-state index >= 15 is 0 Å². The highest BCUT2D eigenvalue weighted by Gasteiger charge is 2.28. The normalized spacial score (nSPS) is 18.5. The zero-order chi connectivity index (χ0) is 26.5. The van der Waals surface area contributed by atoms with Crippen molar-refractivity contribution in [3.8, 4) is 22.6 Å². The molecule has 2 N–H and O–H groups in total. The summed E-state index contributed by atoms with van der Waals surface area (Å²) in [6.45, 7) is 5.43. The number of aliphatic carboxylic acids is 1. The number of hydrogen-bond donors (Lipinski definition) is 2. The fourth-order valence-electron chi connectivity index (χ4n) is 4.99. The molecule has 1 fully saturated rings. The molecule has 6 nitrogen and oxygen atoms in total. The molecule has 4 rings (SSSR count). The van der Waals surface area contributed by atoms with Gasteiger partial charge in [0.05, 0.1) is 19.6 Å². The molecule has 0 amide bonds. The van der Waals surface area contributed by atoms with Gasteiger partial charge in [-0.25, -0.2) is 4.39 Å². The summed E-state index contributed by atoms with van der Waals surface area (Å²) in [7, 11) is 1.57. The number of ether oxygens (including phenoxy) is 2. The van der Waals surface area contributed by atoms with E-state index < -0.39 is 12.1 Å². The molecular formula is C30H34FNO5. The number of carboxylic acids is 1. The summed E-state index contributed by atoms with van der Waals surface area (Å²) in [6.07, 6.45) is 0.796. The Hall–Kier alpha value is -3.42. The highest BCUT2D eigenvalue weighted by molar-refractivity contribution is 5.70. The first kappa shape index (κ1) is 26.6. The van der Waals surface area contributed by atoms with E-state index in [0.717, 1.165) is 29.5 Å². The van der Waals surface area contributed by atoms with Gasteiger partial charge in [0.2, 0.25) is 0 Å². The number of methoxy groups -OCH3 is 1. The SMILES string of the molecule is COc1ccc(F)c(-c2ccc(COc3cccc([C@H](O)CC(=O)O)c3)cc2CN2[C@H](C)CC[C@H]2C)c1. The Bertz CT molecular complexity index is 1240. The molecule has 1 saturated heterocycles. The van der Waals surface area contributed by atoms with Crippen LogP contribution in [0.5, 0.6) is 11.5 Å². The Kier molecular flexibility index (Phi) is 8.46. The average molecular weight is 508 g/mol. The third-order valence-electron chi connectivity index (χ3n) is 7.14. The van der Waals surface area contributed by atoms with Gasteiger partial charge in [0.15, 0.2) is 0 Å². The predicted octanol–water partition coefficient (Wildman–Crippen LogP) is 5.96. The summed E-state index contributed by atoms with van der Waals surface area (Å²) in [5.41, 5.74) is 3.76. The second kappa shape index (κ2) is 11.8. The van der Waals surface area contributed by atoms with E-state index in [1.165, 1.54) is 6.07 Å². The zero-order valence-electron chi connectivity index (χ0n) is 21.5. The van der Waals surface area contributed by atoms with Gasteiger partial charge in [0.25, 0.3) is 0 Å². The van der Waals surface area contributed by atoms with Gasteiger partial charge >= 0.3 is 5.97 Å². The molecule has 0 aromatic heterocycles. The molecule has 0 aliphatic carbocycles. The van der Waals surface area contributed by atoms with Crippen molar-refractivity contribution in [1.82, 2.24) is 4.90 Å². The average Bonchev–Trinajstić information content (AvgIpc) is 3.20. The topological polar surface area (TPSA) is 79.2 Å². The third-order valence-corrected chi connectivity index (χ3v) is 7.14. The maximum atomic E-state index is 14.9. The minimum absolute atomic E-state index is 0.275. The molecule has 0 radical (unpaired) electrons. The Labute approximate surface area is 217 Å². The molecule has 37 heavy (non-hydrogen) atoms. The van der Waals surface area contributed by atoms with E-state index in [9.17, 15) is 14.3 Å². The predicted molar refractivity (Wildman–Crippen MR) is 140 cm³/mol. The number of nitrogens with zero attached hydrogens (tertiary/aromatic N) is 1. The van der Waals surface area contributed by atoms with Crippen LogP contribution in [0.25, 0.3) is 11.1 Å². The lowest BCUT2D eigenvalue weighted by molar-refractivity contribution is -0.139. The van der Waals surface area contributed by atoms with Crippen LogP contribution in [0, 0.1) is 5.82 Å². The lowest BCUT2D eigenvalue weighted by Crippen LogP contribution is -2.32. The summed E-state index contributed by atoms with van der Waals surface area (Å²) in [4.78, 5) is 13.4. The van der Waals surface area contributed by atoms with Gasteiger partial charge < -0.3 is 19.7 Å². The maximum Gasteiger partial charge on any atom is 0.306 e. The molecule has 3 atom stereocenters. The third kappa shape index (κ3) is 6.48. The number of aliphatic hydroxyl groups is 1. The molecule has 1 aliphatic rings. The van der Waals surface area contributed by atoms with E-state index in [2.05, 4.69) is 24.8 Å². The van der Waals surface area contributed by atoms with Gasteiger partial charge in [-0.05, 0) is 79.3 Å². The van der Waals surface area contributed by atoms with E-state index in [4.69, 9.17) is 14.6 Å². The largest absolute Gasteiger partial charge is 0.497 e. The molecular weight excluding hydrogens is 473 g/mol. The standard InChI is InChI=1S/C30H34FNO5/c1-19-7-8-20(2)32(19)17-23-13-21(9-11-26(23)27-15-24(36-3)10-12-28(27)31)18-37-25-6-4-5-22(14-25)29(33)16-30(34)35/h4-6,9-15,19-20,29,33H,7-8,16-18H2,1-3H3,(H,34,35)/t19-,20-,29-/m1/s1. The monoisotopic (exact) mass is 507 g/mol. The Morgan fingerprint density at radius 1 is 1.03 bits per heavy atom. The van der Waals surface area contributed by atoms with Crippen molar-refractivity contribution in [2.24, 2.45) is 0 Å². The zero-order valence-corrected chi connectivity index (χ0v) is 21.5. The lowest BCUT2D eigenvalue weighted by Gasteiger charge is -2.27. The fraction of sp³-hybridized carbons (Fsp3) is 0.367. The van der Waals surface area contributed by atoms with Crippen LogP contribution in [0.3, 0.4) is 0 Å². The van der Waals surface area contributed by atoms with Crippen molar-refractivity contribution in [3.63, 3.8) is 0 Å². The van der Waals surface area contributed by atoms with Crippen LogP contribution >= 0.6 is 0 Å². The number of likely N-dealkylation sites (tertiary alicyclic amines) is 1. The number of carbonyl (C=O) groups is 1. The Morgan fingerprint density at radius 3 is 2.49 bits per heavy atom. The van der Waals surface area contributed by atoms with Crippen LogP contribution in [0.2, 0.25) is 0 Å². The molecule has 0 bridgehead atoms. The van der Waals surface area contributed by atoms with Crippen LogP contribution in [0.4, 0.5) is 4.39 Å². The minimum Gasteiger partial charge on any atom is -0.497 e. The molecule has 0 unspecified atom stereocenters. The van der Waals surface area contributed by atoms with Crippen molar-refractivity contribution < 1.29 is 28.9 Å². The first-order valence-electron chi connectivity index (χ1n) is 12.6. The highest BCUT2D eigenvalue weighted by atomic mass is 19.1. The van der Waals surface area contributed by atoms with E-state index in [1.807, 2.05) is 12.1 Å². The van der Waals surface area contributed by atoms with Crippen LogP contribution in [0.1, 0.15) is 55.9 Å². The highest BCUT2D eigenvalue weighted by Crippen LogP contribution is 2.34. The maximum absolute atomic E-state index is 14.9. The van der Waals surface area contributed by atoms with Gasteiger partial charge in [0.1, 0.15) is 23.9 Å². The molecule has 0 saturated carbocycles. The first-order chi connectivity index (χ1) is 17.7. The Morgan fingerprint density at radius 2 is 1.78 bits per heavy atom. The van der Waals surface area contributed by atoms with Crippen molar-refractivity contribution >= 4 is 5.97 Å².